The van der Waals surface area contributed by atoms with E-state index in [1.54, 1.807) is 13.2 Å². The smallest absolute Gasteiger partial charge is 0.238 e. The Morgan fingerprint density at radius 1 is 1.38 bits per heavy atom. The third kappa shape index (κ3) is 4.72. The summed E-state index contributed by atoms with van der Waals surface area (Å²) < 4.78 is 5.13. The van der Waals surface area contributed by atoms with Gasteiger partial charge in [0.15, 0.2) is 0 Å². The van der Waals surface area contributed by atoms with Gasteiger partial charge in [0.05, 0.1) is 13.7 Å². The van der Waals surface area contributed by atoms with E-state index >= 15 is 0 Å². The van der Waals surface area contributed by atoms with Gasteiger partial charge < -0.3 is 20.5 Å². The van der Waals surface area contributed by atoms with Gasteiger partial charge >= 0.3 is 0 Å². The zero-order valence-electron chi connectivity index (χ0n) is 12.5. The zero-order valence-corrected chi connectivity index (χ0v) is 12.5. The first-order valence-electron chi connectivity index (χ1n) is 7.51. The first-order chi connectivity index (χ1) is 10.2. The summed E-state index contributed by atoms with van der Waals surface area (Å²) in [6, 6.07) is 7.53. The summed E-state index contributed by atoms with van der Waals surface area (Å²) in [4.78, 5) is 12.0. The van der Waals surface area contributed by atoms with Crippen LogP contribution in [0.4, 0.5) is 5.69 Å². The van der Waals surface area contributed by atoms with Crippen molar-refractivity contribution in [3.8, 4) is 5.75 Å². The van der Waals surface area contributed by atoms with Crippen molar-refractivity contribution in [1.29, 1.82) is 0 Å². The second-order valence-electron chi connectivity index (χ2n) is 5.49. The molecule has 0 heterocycles. The van der Waals surface area contributed by atoms with Gasteiger partial charge in [0, 0.05) is 24.4 Å². The van der Waals surface area contributed by atoms with Gasteiger partial charge in [0.2, 0.25) is 5.91 Å². The molecule has 5 nitrogen and oxygen atoms in total. The summed E-state index contributed by atoms with van der Waals surface area (Å²) in [5, 5.41) is 15.5. The van der Waals surface area contributed by atoms with Crippen LogP contribution in [-0.2, 0) is 4.79 Å². The Bertz CT molecular complexity index is 465. The van der Waals surface area contributed by atoms with E-state index in [1.807, 2.05) is 18.2 Å². The molecule has 0 saturated heterocycles. The Kier molecular flexibility index (Phi) is 6.02. The van der Waals surface area contributed by atoms with Gasteiger partial charge in [-0.3, -0.25) is 4.79 Å². The minimum atomic E-state index is -0.0782. The van der Waals surface area contributed by atoms with E-state index in [0.29, 0.717) is 5.75 Å². The third-order valence-electron chi connectivity index (χ3n) is 4.02. The molecule has 1 fully saturated rings. The number of benzene rings is 1. The molecular weight excluding hydrogens is 268 g/mol. The summed E-state index contributed by atoms with van der Waals surface area (Å²) in [5.41, 5.74) is 0.725. The van der Waals surface area contributed by atoms with Crippen molar-refractivity contribution < 1.29 is 14.6 Å². The highest BCUT2D eigenvalue weighted by Gasteiger charge is 2.24. The number of carbonyl (C=O) groups is 1. The lowest BCUT2D eigenvalue weighted by molar-refractivity contribution is -0.115. The van der Waals surface area contributed by atoms with Crippen LogP contribution in [0.3, 0.4) is 0 Å². The van der Waals surface area contributed by atoms with Crippen LogP contribution in [0.2, 0.25) is 0 Å². The highest BCUT2D eigenvalue weighted by molar-refractivity contribution is 5.92. The van der Waals surface area contributed by atoms with Crippen LogP contribution in [0, 0.1) is 5.92 Å². The zero-order chi connectivity index (χ0) is 15.1. The summed E-state index contributed by atoms with van der Waals surface area (Å²) in [5.74, 6) is 0.905. The number of amides is 1. The second-order valence-corrected chi connectivity index (χ2v) is 5.49. The van der Waals surface area contributed by atoms with E-state index < -0.39 is 0 Å². The van der Waals surface area contributed by atoms with E-state index in [0.717, 1.165) is 24.9 Å². The molecule has 5 heteroatoms. The number of aliphatic hydroxyl groups is 1. The molecule has 0 aliphatic heterocycles. The molecule has 0 spiro atoms. The lowest BCUT2D eigenvalue weighted by Crippen LogP contribution is -2.43. The molecule has 2 unspecified atom stereocenters. The minimum absolute atomic E-state index is 0.0782. The lowest BCUT2D eigenvalue weighted by Gasteiger charge is -2.30. The van der Waals surface area contributed by atoms with Gasteiger partial charge in [0.1, 0.15) is 5.75 Å². The fourth-order valence-corrected chi connectivity index (χ4v) is 2.82. The number of nitrogens with one attached hydrogen (secondary N) is 2. The highest BCUT2D eigenvalue weighted by Crippen LogP contribution is 2.23. The highest BCUT2D eigenvalue weighted by atomic mass is 16.5. The Balaban J connectivity index is 1.81. The lowest BCUT2D eigenvalue weighted by atomic mass is 9.85. The maximum atomic E-state index is 12.0. The first kappa shape index (κ1) is 15.8. The molecule has 1 aromatic carbocycles. The molecule has 21 heavy (non-hydrogen) atoms. The molecule has 0 bridgehead atoms. The maximum absolute atomic E-state index is 12.0. The van der Waals surface area contributed by atoms with E-state index in [4.69, 9.17) is 4.74 Å². The molecule has 1 aromatic rings. The van der Waals surface area contributed by atoms with Crippen molar-refractivity contribution in [1.82, 2.24) is 5.32 Å². The van der Waals surface area contributed by atoms with Crippen molar-refractivity contribution in [3.63, 3.8) is 0 Å². The maximum Gasteiger partial charge on any atom is 0.238 e. The molecule has 1 aliphatic rings. The van der Waals surface area contributed by atoms with E-state index in [1.165, 1.54) is 6.42 Å². The average molecular weight is 292 g/mol. The molecule has 1 amide bonds. The predicted molar refractivity (Wildman–Crippen MR) is 82.5 cm³/mol. The molecule has 116 valence electrons. The van der Waals surface area contributed by atoms with Crippen molar-refractivity contribution in [3.05, 3.63) is 24.3 Å². The van der Waals surface area contributed by atoms with E-state index in [-0.39, 0.29) is 31.0 Å². The van der Waals surface area contributed by atoms with Crippen molar-refractivity contribution in [2.24, 2.45) is 5.92 Å². The van der Waals surface area contributed by atoms with Crippen LogP contribution < -0.4 is 15.4 Å². The Morgan fingerprint density at radius 2 is 2.19 bits per heavy atom. The molecular formula is C16H24N2O3. The molecule has 2 rings (SSSR count). The van der Waals surface area contributed by atoms with Gasteiger partial charge in [-0.15, -0.1) is 0 Å². The quantitative estimate of drug-likeness (QED) is 0.747. The second kappa shape index (κ2) is 8.00. The number of anilines is 1. The van der Waals surface area contributed by atoms with Crippen LogP contribution in [-0.4, -0.2) is 37.3 Å². The monoisotopic (exact) mass is 292 g/mol. The van der Waals surface area contributed by atoms with Gasteiger partial charge in [0.25, 0.3) is 0 Å². The van der Waals surface area contributed by atoms with Crippen LogP contribution in [0.15, 0.2) is 24.3 Å². The fourth-order valence-electron chi connectivity index (χ4n) is 2.82. The Morgan fingerprint density at radius 3 is 2.95 bits per heavy atom. The number of hydrogen-bond donors (Lipinski definition) is 3. The number of carbonyl (C=O) groups excluding carboxylic acids is 1. The number of hydrogen-bond acceptors (Lipinski definition) is 4. The van der Waals surface area contributed by atoms with Crippen LogP contribution in [0.1, 0.15) is 25.7 Å². The van der Waals surface area contributed by atoms with Crippen molar-refractivity contribution in [2.75, 3.05) is 25.6 Å². The standard InChI is InChI=1S/C16H24N2O3/c1-21-14-7-4-6-13(9-14)18-16(20)10-17-15-8-3-2-5-12(15)11-19/h4,6-7,9,12,15,17,19H,2-3,5,8,10-11H2,1H3,(H,18,20). The van der Waals surface area contributed by atoms with E-state index in [9.17, 15) is 9.90 Å². The molecule has 0 aromatic heterocycles. The van der Waals surface area contributed by atoms with Gasteiger partial charge in [-0.05, 0) is 30.9 Å². The summed E-state index contributed by atoms with van der Waals surface area (Å²) in [7, 11) is 1.60. The number of methoxy groups -OCH3 is 1. The normalized spacial score (nSPS) is 21.8. The van der Waals surface area contributed by atoms with Gasteiger partial charge in [-0.1, -0.05) is 18.9 Å². The molecule has 3 N–H and O–H groups in total. The predicted octanol–water partition coefficient (Wildman–Crippen LogP) is 1.77. The Labute approximate surface area is 125 Å². The topological polar surface area (TPSA) is 70.6 Å². The Hall–Kier alpha value is -1.59. The first-order valence-corrected chi connectivity index (χ1v) is 7.51. The van der Waals surface area contributed by atoms with Crippen molar-refractivity contribution in [2.45, 2.75) is 31.7 Å². The van der Waals surface area contributed by atoms with Gasteiger partial charge in [-0.2, -0.15) is 0 Å². The molecule has 1 aliphatic carbocycles. The SMILES string of the molecule is COc1cccc(NC(=O)CNC2CCCCC2CO)c1. The molecule has 1 saturated carbocycles. The van der Waals surface area contributed by atoms with E-state index in [2.05, 4.69) is 10.6 Å². The molecule has 0 radical (unpaired) electrons. The number of rotatable bonds is 6. The largest absolute Gasteiger partial charge is 0.497 e. The summed E-state index contributed by atoms with van der Waals surface area (Å²) in [6.45, 7) is 0.452. The van der Waals surface area contributed by atoms with Gasteiger partial charge in [-0.25, -0.2) is 0 Å². The third-order valence-corrected chi connectivity index (χ3v) is 4.02. The number of ether oxygens (including phenoxy) is 1. The average Bonchev–Trinajstić information content (AvgIpc) is 2.53. The summed E-state index contributed by atoms with van der Waals surface area (Å²) in [6.07, 6.45) is 4.38. The van der Waals surface area contributed by atoms with Crippen LogP contribution in [0.5, 0.6) is 5.75 Å². The fraction of sp³-hybridized carbons (Fsp3) is 0.562. The van der Waals surface area contributed by atoms with Crippen LogP contribution >= 0.6 is 0 Å². The molecule has 2 atom stereocenters. The summed E-state index contributed by atoms with van der Waals surface area (Å²) >= 11 is 0. The van der Waals surface area contributed by atoms with Crippen LogP contribution in [0.25, 0.3) is 0 Å². The minimum Gasteiger partial charge on any atom is -0.497 e. The number of aliphatic hydroxyl groups excluding tert-OH is 1. The van der Waals surface area contributed by atoms with Crippen molar-refractivity contribution >= 4 is 11.6 Å².